The van der Waals surface area contributed by atoms with Gasteiger partial charge in [-0.25, -0.2) is 4.68 Å². The summed E-state index contributed by atoms with van der Waals surface area (Å²) in [6.07, 6.45) is 1.73. The number of carbonyl (C=O) groups is 1. The molecule has 132 valence electrons. The molecule has 0 saturated heterocycles. The van der Waals surface area contributed by atoms with E-state index in [0.717, 1.165) is 22.6 Å². The Kier molecular flexibility index (Phi) is 4.74. The van der Waals surface area contributed by atoms with Crippen LogP contribution in [0, 0.1) is 0 Å². The molecule has 0 saturated carbocycles. The van der Waals surface area contributed by atoms with E-state index in [1.807, 2.05) is 84.9 Å². The Morgan fingerprint density at radius 1 is 0.852 bits per heavy atom. The Morgan fingerprint density at radius 3 is 2.22 bits per heavy atom. The number of ketones is 1. The fourth-order valence-electron chi connectivity index (χ4n) is 2.86. The molecule has 0 aliphatic rings. The summed E-state index contributed by atoms with van der Waals surface area (Å²) in [5, 5.41) is 11.4. The first-order valence-corrected chi connectivity index (χ1v) is 8.70. The fourth-order valence-corrected chi connectivity index (χ4v) is 2.86. The Hall–Kier alpha value is -3.73. The highest BCUT2D eigenvalue weighted by Gasteiger charge is 2.10. The molecular formula is C22H18N4O. The van der Waals surface area contributed by atoms with Gasteiger partial charge in [-0.2, -0.15) is 0 Å². The quantitative estimate of drug-likeness (QED) is 0.527. The third-order valence-electron chi connectivity index (χ3n) is 4.28. The summed E-state index contributed by atoms with van der Waals surface area (Å²) in [7, 11) is 0. The van der Waals surface area contributed by atoms with Crippen molar-refractivity contribution >= 4 is 11.5 Å². The maximum absolute atomic E-state index is 12.4. The molecule has 0 atom stereocenters. The average Bonchev–Trinajstić information content (AvgIpc) is 3.23. The van der Waals surface area contributed by atoms with E-state index in [1.54, 1.807) is 10.9 Å². The lowest BCUT2D eigenvalue weighted by molar-refractivity contribution is 0.101. The molecule has 0 aliphatic carbocycles. The highest BCUT2D eigenvalue weighted by molar-refractivity contribution is 5.99. The molecule has 0 fully saturated rings. The molecule has 27 heavy (non-hydrogen) atoms. The molecule has 0 unspecified atom stereocenters. The zero-order valence-corrected chi connectivity index (χ0v) is 14.6. The lowest BCUT2D eigenvalue weighted by Crippen LogP contribution is -2.14. The number of para-hydroxylation sites is 1. The molecule has 4 rings (SSSR count). The highest BCUT2D eigenvalue weighted by Crippen LogP contribution is 2.21. The van der Waals surface area contributed by atoms with Gasteiger partial charge in [0.05, 0.1) is 24.1 Å². The number of carbonyl (C=O) groups excluding carboxylic acids is 1. The molecule has 4 aromatic rings. The average molecular weight is 354 g/mol. The van der Waals surface area contributed by atoms with Crippen LogP contribution in [0.4, 0.5) is 5.69 Å². The van der Waals surface area contributed by atoms with Crippen molar-refractivity contribution in [3.8, 4) is 16.9 Å². The summed E-state index contributed by atoms with van der Waals surface area (Å²) < 4.78 is 1.77. The summed E-state index contributed by atoms with van der Waals surface area (Å²) >= 11 is 0. The van der Waals surface area contributed by atoms with Crippen molar-refractivity contribution < 1.29 is 4.79 Å². The van der Waals surface area contributed by atoms with Crippen molar-refractivity contribution in [2.75, 3.05) is 11.9 Å². The molecule has 3 aromatic carbocycles. The molecule has 1 aromatic heterocycles. The summed E-state index contributed by atoms with van der Waals surface area (Å²) in [5.41, 5.74) is 4.38. The van der Waals surface area contributed by atoms with Gasteiger partial charge in [-0.3, -0.25) is 4.79 Å². The SMILES string of the molecule is O=C(CNc1ccccc1)c1ccc(-n2nncc2-c2ccccc2)cc1. The van der Waals surface area contributed by atoms with Crippen LogP contribution in [0.2, 0.25) is 0 Å². The van der Waals surface area contributed by atoms with Crippen molar-refractivity contribution in [1.82, 2.24) is 15.0 Å². The molecule has 0 spiro atoms. The minimum Gasteiger partial charge on any atom is -0.378 e. The van der Waals surface area contributed by atoms with Crippen LogP contribution in [-0.4, -0.2) is 27.3 Å². The maximum atomic E-state index is 12.4. The van der Waals surface area contributed by atoms with Gasteiger partial charge < -0.3 is 5.32 Å². The third kappa shape index (κ3) is 3.77. The second-order valence-electron chi connectivity index (χ2n) is 6.09. The Morgan fingerprint density at radius 2 is 1.52 bits per heavy atom. The third-order valence-corrected chi connectivity index (χ3v) is 4.28. The van der Waals surface area contributed by atoms with Crippen molar-refractivity contribution in [3.05, 3.63) is 96.7 Å². The topological polar surface area (TPSA) is 59.8 Å². The van der Waals surface area contributed by atoms with Gasteiger partial charge in [0, 0.05) is 16.8 Å². The molecule has 0 amide bonds. The van der Waals surface area contributed by atoms with Crippen molar-refractivity contribution in [2.24, 2.45) is 0 Å². The number of aromatic nitrogens is 3. The van der Waals surface area contributed by atoms with Crippen LogP contribution in [0.3, 0.4) is 0 Å². The first-order valence-electron chi connectivity index (χ1n) is 8.70. The summed E-state index contributed by atoms with van der Waals surface area (Å²) in [5.74, 6) is 0.0345. The van der Waals surface area contributed by atoms with E-state index < -0.39 is 0 Å². The molecule has 0 radical (unpaired) electrons. The normalized spacial score (nSPS) is 10.5. The van der Waals surface area contributed by atoms with Gasteiger partial charge in [0.15, 0.2) is 5.78 Å². The smallest absolute Gasteiger partial charge is 0.181 e. The van der Waals surface area contributed by atoms with E-state index in [0.29, 0.717) is 5.56 Å². The minimum atomic E-state index is 0.0345. The number of hydrogen-bond donors (Lipinski definition) is 1. The number of Topliss-reactive ketones (excluding diaryl/α,β-unsaturated/α-hetero) is 1. The summed E-state index contributed by atoms with van der Waals surface area (Å²) in [4.78, 5) is 12.4. The van der Waals surface area contributed by atoms with Crippen molar-refractivity contribution in [2.45, 2.75) is 0 Å². The van der Waals surface area contributed by atoms with Gasteiger partial charge in [-0.05, 0) is 36.4 Å². The standard InChI is InChI=1S/C22H18N4O/c27-22(16-23-19-9-5-2-6-10-19)18-11-13-20(14-12-18)26-21(15-24-25-26)17-7-3-1-4-8-17/h1-15,23H,16H2. The van der Waals surface area contributed by atoms with E-state index in [1.165, 1.54) is 0 Å². The molecule has 1 heterocycles. The van der Waals surface area contributed by atoms with Crippen LogP contribution < -0.4 is 5.32 Å². The number of hydrogen-bond acceptors (Lipinski definition) is 4. The zero-order chi connectivity index (χ0) is 18.5. The molecule has 5 nitrogen and oxygen atoms in total. The largest absolute Gasteiger partial charge is 0.378 e. The van der Waals surface area contributed by atoms with E-state index >= 15 is 0 Å². The highest BCUT2D eigenvalue weighted by atomic mass is 16.1. The number of nitrogens with one attached hydrogen (secondary N) is 1. The second kappa shape index (κ2) is 7.66. The van der Waals surface area contributed by atoms with Gasteiger partial charge in [-0.15, -0.1) is 5.10 Å². The Balaban J connectivity index is 1.50. The molecule has 0 aliphatic heterocycles. The Bertz CT molecular complexity index is 1020. The summed E-state index contributed by atoms with van der Waals surface area (Å²) in [6, 6.07) is 27.1. The number of anilines is 1. The van der Waals surface area contributed by atoms with Crippen molar-refractivity contribution in [3.63, 3.8) is 0 Å². The van der Waals surface area contributed by atoms with Crippen LogP contribution in [0.15, 0.2) is 91.1 Å². The van der Waals surface area contributed by atoms with E-state index in [9.17, 15) is 4.79 Å². The molecule has 0 bridgehead atoms. The second-order valence-corrected chi connectivity index (χ2v) is 6.09. The molecule has 1 N–H and O–H groups in total. The van der Waals surface area contributed by atoms with Gasteiger partial charge in [0.25, 0.3) is 0 Å². The monoisotopic (exact) mass is 354 g/mol. The van der Waals surface area contributed by atoms with Crippen LogP contribution >= 0.6 is 0 Å². The number of benzene rings is 3. The van der Waals surface area contributed by atoms with E-state index in [-0.39, 0.29) is 12.3 Å². The fraction of sp³-hybridized carbons (Fsp3) is 0.0455. The van der Waals surface area contributed by atoms with Gasteiger partial charge in [-0.1, -0.05) is 53.7 Å². The first-order chi connectivity index (χ1) is 13.3. The zero-order valence-electron chi connectivity index (χ0n) is 14.6. The predicted octanol–water partition coefficient (Wildman–Crippen LogP) is 4.23. The lowest BCUT2D eigenvalue weighted by Gasteiger charge is -2.08. The van der Waals surface area contributed by atoms with Gasteiger partial charge in [0.1, 0.15) is 0 Å². The predicted molar refractivity (Wildman–Crippen MR) is 106 cm³/mol. The number of rotatable bonds is 6. The van der Waals surface area contributed by atoms with Crippen LogP contribution in [0.5, 0.6) is 0 Å². The van der Waals surface area contributed by atoms with E-state index in [2.05, 4.69) is 15.6 Å². The van der Waals surface area contributed by atoms with Crippen LogP contribution in [-0.2, 0) is 0 Å². The van der Waals surface area contributed by atoms with Crippen LogP contribution in [0.1, 0.15) is 10.4 Å². The molecule has 5 heteroatoms. The first kappa shape index (κ1) is 16.7. The Labute approximate surface area is 157 Å². The van der Waals surface area contributed by atoms with Gasteiger partial charge in [0.2, 0.25) is 0 Å². The minimum absolute atomic E-state index is 0.0345. The summed E-state index contributed by atoms with van der Waals surface area (Å²) in [6.45, 7) is 0.252. The van der Waals surface area contributed by atoms with Gasteiger partial charge >= 0.3 is 0 Å². The van der Waals surface area contributed by atoms with Crippen LogP contribution in [0.25, 0.3) is 16.9 Å². The van der Waals surface area contributed by atoms with E-state index in [4.69, 9.17) is 0 Å². The number of nitrogens with zero attached hydrogens (tertiary/aromatic N) is 3. The lowest BCUT2D eigenvalue weighted by atomic mass is 10.1. The van der Waals surface area contributed by atoms with Crippen molar-refractivity contribution in [1.29, 1.82) is 0 Å². The maximum Gasteiger partial charge on any atom is 0.181 e. The molecular weight excluding hydrogens is 336 g/mol.